The predicted octanol–water partition coefficient (Wildman–Crippen LogP) is 2.98. The van der Waals surface area contributed by atoms with Crippen LogP contribution in [-0.2, 0) is 22.8 Å². The van der Waals surface area contributed by atoms with E-state index in [1.165, 1.54) is 12.1 Å². The molecule has 1 amide bonds. The van der Waals surface area contributed by atoms with Crippen molar-refractivity contribution < 1.29 is 13.9 Å². The Bertz CT molecular complexity index is 1170. The molecule has 0 fully saturated rings. The second kappa shape index (κ2) is 7.80. The van der Waals surface area contributed by atoms with Crippen molar-refractivity contribution >= 4 is 22.6 Å². The number of aromatic nitrogens is 5. The summed E-state index contributed by atoms with van der Waals surface area (Å²) in [4.78, 5) is 16.9. The second-order valence-corrected chi connectivity index (χ2v) is 6.54. The number of carbonyl (C=O) groups is 1. The molecule has 0 aliphatic heterocycles. The molecule has 4 aromatic rings. The van der Waals surface area contributed by atoms with Gasteiger partial charge in [0, 0.05) is 18.7 Å². The van der Waals surface area contributed by atoms with E-state index in [2.05, 4.69) is 20.5 Å². The van der Waals surface area contributed by atoms with Crippen molar-refractivity contribution in [2.75, 3.05) is 12.4 Å². The third kappa shape index (κ3) is 3.85. The Hall–Kier alpha value is -3.59. The molecule has 0 unspecified atom stereocenters. The number of carbonyl (C=O) groups excluding carboxylic acids is 1. The number of rotatable bonds is 6. The van der Waals surface area contributed by atoms with Gasteiger partial charge in [0.05, 0.1) is 23.8 Å². The van der Waals surface area contributed by atoms with Gasteiger partial charge in [-0.2, -0.15) is 10.2 Å². The molecule has 0 aliphatic rings. The summed E-state index contributed by atoms with van der Waals surface area (Å²) in [6.45, 7) is 2.16. The molecule has 0 bridgehead atoms. The smallest absolute Gasteiger partial charge is 0.246 e. The normalized spacial score (nSPS) is 11.1. The lowest BCUT2D eigenvalue weighted by Gasteiger charge is -2.06. The zero-order valence-corrected chi connectivity index (χ0v) is 16.0. The molecule has 0 atom stereocenters. The Morgan fingerprint density at radius 2 is 2.03 bits per heavy atom. The van der Waals surface area contributed by atoms with Crippen LogP contribution < -0.4 is 5.32 Å². The first-order valence-electron chi connectivity index (χ1n) is 8.94. The number of fused-ring (bicyclic) bond motifs is 1. The Morgan fingerprint density at radius 3 is 2.79 bits per heavy atom. The van der Waals surface area contributed by atoms with Gasteiger partial charge in [-0.05, 0) is 36.2 Å². The van der Waals surface area contributed by atoms with Gasteiger partial charge in [0.1, 0.15) is 19.1 Å². The molecule has 1 aromatic carbocycles. The molecule has 0 radical (unpaired) electrons. The van der Waals surface area contributed by atoms with Crippen LogP contribution in [0.2, 0.25) is 0 Å². The number of pyridine rings is 1. The number of ether oxygens (including phenoxy) is 1. The van der Waals surface area contributed by atoms with Crippen LogP contribution in [0.5, 0.6) is 0 Å². The SMILES string of the molecule is COCn1cc(NC(=O)Cn2nc(C)c3c(-c4ccc(F)cc4)ccnc32)cn1. The maximum absolute atomic E-state index is 13.3. The van der Waals surface area contributed by atoms with E-state index in [4.69, 9.17) is 4.74 Å². The minimum absolute atomic E-state index is 0.000328. The standard InChI is InChI=1S/C20H19FN6O2/c1-13-19-17(14-3-5-15(21)6-4-14)7-8-22-20(19)27(25-13)11-18(28)24-16-9-23-26(10-16)12-29-2/h3-10H,11-12H2,1-2H3,(H,24,28). The Balaban J connectivity index is 1.60. The average Bonchev–Trinajstić information content (AvgIpc) is 3.27. The molecule has 0 saturated carbocycles. The molecular weight excluding hydrogens is 375 g/mol. The minimum Gasteiger partial charge on any atom is -0.362 e. The first-order valence-corrected chi connectivity index (χ1v) is 8.94. The zero-order chi connectivity index (χ0) is 20.4. The Morgan fingerprint density at radius 1 is 1.24 bits per heavy atom. The van der Waals surface area contributed by atoms with Gasteiger partial charge in [0.2, 0.25) is 5.91 Å². The zero-order valence-electron chi connectivity index (χ0n) is 16.0. The van der Waals surface area contributed by atoms with Crippen LogP contribution in [0, 0.1) is 12.7 Å². The van der Waals surface area contributed by atoms with Crippen molar-refractivity contribution in [2.45, 2.75) is 20.2 Å². The first kappa shape index (κ1) is 18.8. The van der Waals surface area contributed by atoms with Crippen molar-refractivity contribution in [3.63, 3.8) is 0 Å². The number of benzene rings is 1. The topological polar surface area (TPSA) is 86.9 Å². The maximum atomic E-state index is 13.3. The number of hydrogen-bond acceptors (Lipinski definition) is 5. The van der Waals surface area contributed by atoms with Crippen LogP contribution >= 0.6 is 0 Å². The monoisotopic (exact) mass is 394 g/mol. The molecule has 9 heteroatoms. The van der Waals surface area contributed by atoms with Crippen LogP contribution in [0.15, 0.2) is 48.9 Å². The number of halogens is 1. The molecule has 148 valence electrons. The molecule has 4 rings (SSSR count). The summed E-state index contributed by atoms with van der Waals surface area (Å²) in [5.41, 5.74) is 3.65. The predicted molar refractivity (Wildman–Crippen MR) is 106 cm³/mol. The number of hydrogen-bond donors (Lipinski definition) is 1. The maximum Gasteiger partial charge on any atom is 0.246 e. The molecule has 0 spiro atoms. The van der Waals surface area contributed by atoms with Crippen molar-refractivity contribution in [3.05, 3.63) is 60.4 Å². The van der Waals surface area contributed by atoms with E-state index < -0.39 is 0 Å². The molecular formula is C20H19FN6O2. The Labute approximate surface area is 165 Å². The van der Waals surface area contributed by atoms with E-state index in [-0.39, 0.29) is 18.3 Å². The second-order valence-electron chi connectivity index (χ2n) is 6.54. The van der Waals surface area contributed by atoms with Gasteiger partial charge in [-0.25, -0.2) is 18.7 Å². The summed E-state index contributed by atoms with van der Waals surface area (Å²) in [5.74, 6) is -0.544. The van der Waals surface area contributed by atoms with Crippen molar-refractivity contribution in [3.8, 4) is 11.1 Å². The van der Waals surface area contributed by atoms with Crippen LogP contribution in [0.3, 0.4) is 0 Å². The van der Waals surface area contributed by atoms with Gasteiger partial charge in [-0.15, -0.1) is 0 Å². The van der Waals surface area contributed by atoms with Crippen molar-refractivity contribution in [2.24, 2.45) is 0 Å². The highest BCUT2D eigenvalue weighted by atomic mass is 19.1. The van der Waals surface area contributed by atoms with E-state index >= 15 is 0 Å². The van der Waals surface area contributed by atoms with Crippen LogP contribution in [0.1, 0.15) is 5.69 Å². The number of aryl methyl sites for hydroxylation is 1. The van der Waals surface area contributed by atoms with Gasteiger partial charge in [-0.1, -0.05) is 12.1 Å². The van der Waals surface area contributed by atoms with Crippen LogP contribution in [0.4, 0.5) is 10.1 Å². The first-order chi connectivity index (χ1) is 14.0. The lowest BCUT2D eigenvalue weighted by Crippen LogP contribution is -2.19. The highest BCUT2D eigenvalue weighted by molar-refractivity contribution is 5.96. The molecule has 29 heavy (non-hydrogen) atoms. The fourth-order valence-corrected chi connectivity index (χ4v) is 3.23. The number of methoxy groups -OCH3 is 1. The molecule has 0 aliphatic carbocycles. The molecule has 1 N–H and O–H groups in total. The summed E-state index contributed by atoms with van der Waals surface area (Å²) in [6, 6.07) is 8.12. The fourth-order valence-electron chi connectivity index (χ4n) is 3.23. The lowest BCUT2D eigenvalue weighted by molar-refractivity contribution is -0.116. The third-order valence-electron chi connectivity index (χ3n) is 4.43. The quantitative estimate of drug-likeness (QED) is 0.543. The molecule has 3 heterocycles. The summed E-state index contributed by atoms with van der Waals surface area (Å²) < 4.78 is 21.4. The van der Waals surface area contributed by atoms with Crippen LogP contribution in [-0.4, -0.2) is 37.6 Å². The Kier molecular flexibility index (Phi) is 5.05. The number of nitrogens with zero attached hydrogens (tertiary/aromatic N) is 5. The van der Waals surface area contributed by atoms with E-state index in [1.54, 1.807) is 47.2 Å². The van der Waals surface area contributed by atoms with Crippen molar-refractivity contribution in [1.82, 2.24) is 24.5 Å². The number of anilines is 1. The van der Waals surface area contributed by atoms with Crippen LogP contribution in [0.25, 0.3) is 22.2 Å². The van der Waals surface area contributed by atoms with E-state index in [9.17, 15) is 9.18 Å². The van der Waals surface area contributed by atoms with Gasteiger partial charge in [-0.3, -0.25) is 4.79 Å². The van der Waals surface area contributed by atoms with Gasteiger partial charge in [0.25, 0.3) is 0 Å². The van der Waals surface area contributed by atoms with Gasteiger partial charge in [0.15, 0.2) is 5.65 Å². The summed E-state index contributed by atoms with van der Waals surface area (Å²) in [5, 5.41) is 12.2. The molecule has 0 saturated heterocycles. The average molecular weight is 394 g/mol. The third-order valence-corrected chi connectivity index (χ3v) is 4.43. The minimum atomic E-state index is -0.294. The lowest BCUT2D eigenvalue weighted by atomic mass is 10.0. The fraction of sp³-hybridized carbons (Fsp3) is 0.200. The number of nitrogens with one attached hydrogen (secondary N) is 1. The summed E-state index contributed by atoms with van der Waals surface area (Å²) in [6.07, 6.45) is 4.89. The van der Waals surface area contributed by atoms with Gasteiger partial charge >= 0.3 is 0 Å². The summed E-state index contributed by atoms with van der Waals surface area (Å²) >= 11 is 0. The number of amides is 1. The summed E-state index contributed by atoms with van der Waals surface area (Å²) in [7, 11) is 1.57. The molecule has 3 aromatic heterocycles. The largest absolute Gasteiger partial charge is 0.362 e. The molecule has 8 nitrogen and oxygen atoms in total. The van der Waals surface area contributed by atoms with Crippen molar-refractivity contribution in [1.29, 1.82) is 0 Å². The highest BCUT2D eigenvalue weighted by Gasteiger charge is 2.16. The van der Waals surface area contributed by atoms with Gasteiger partial charge < -0.3 is 10.1 Å². The highest BCUT2D eigenvalue weighted by Crippen LogP contribution is 2.29. The van der Waals surface area contributed by atoms with E-state index in [0.29, 0.717) is 18.1 Å². The van der Waals surface area contributed by atoms with E-state index in [1.807, 2.05) is 13.0 Å². The van der Waals surface area contributed by atoms with E-state index in [0.717, 1.165) is 22.2 Å².